The van der Waals surface area contributed by atoms with Crippen LogP contribution in [0.25, 0.3) is 0 Å². The average Bonchev–Trinajstić information content (AvgIpc) is 2.68. The van der Waals surface area contributed by atoms with Crippen molar-refractivity contribution in [3.05, 3.63) is 44.9 Å². The van der Waals surface area contributed by atoms with Gasteiger partial charge in [0, 0.05) is 5.69 Å². The number of rotatable bonds is 4. The van der Waals surface area contributed by atoms with Crippen molar-refractivity contribution in [3.63, 3.8) is 0 Å². The molecule has 0 atom stereocenters. The number of carboxylic acid groups (broad SMARTS) is 1. The third kappa shape index (κ3) is 3.61. The van der Waals surface area contributed by atoms with Crippen molar-refractivity contribution in [1.29, 1.82) is 0 Å². The normalized spacial score (nSPS) is 10.7. The number of nitrogens with one attached hydrogen (secondary N) is 1. The lowest BCUT2D eigenvalue weighted by atomic mass is 10.1. The fraction of sp³-hybridized carbons (Fsp3) is 0.312. The van der Waals surface area contributed by atoms with Crippen LogP contribution in [0.3, 0.4) is 0 Å². The number of carbonyl (C=O) groups is 2. The van der Waals surface area contributed by atoms with Gasteiger partial charge in [-0.25, -0.2) is 9.78 Å². The van der Waals surface area contributed by atoms with E-state index in [4.69, 9.17) is 0 Å². The largest absolute Gasteiger partial charge is 0.477 e. The second kappa shape index (κ2) is 6.54. The Morgan fingerprint density at radius 1 is 1.22 bits per heavy atom. The molecule has 1 aromatic heterocycles. The van der Waals surface area contributed by atoms with Gasteiger partial charge in [0.2, 0.25) is 5.91 Å². The summed E-state index contributed by atoms with van der Waals surface area (Å²) in [6.07, 6.45) is 0. The van der Waals surface area contributed by atoms with Crippen molar-refractivity contribution < 1.29 is 14.7 Å². The van der Waals surface area contributed by atoms with Crippen LogP contribution in [0.2, 0.25) is 0 Å². The van der Waals surface area contributed by atoms with Gasteiger partial charge in [0.25, 0.3) is 0 Å². The lowest BCUT2D eigenvalue weighted by molar-refractivity contribution is -0.116. The first kappa shape index (κ1) is 17.2. The van der Waals surface area contributed by atoms with Gasteiger partial charge >= 0.3 is 5.97 Å². The Morgan fingerprint density at radius 2 is 1.78 bits per heavy atom. The Hall–Kier alpha value is -2.15. The number of aromatic nitrogens is 2. The molecule has 0 bridgehead atoms. The van der Waals surface area contributed by atoms with E-state index in [1.54, 1.807) is 6.92 Å². The van der Waals surface area contributed by atoms with Gasteiger partial charge in [-0.15, -0.1) is 0 Å². The van der Waals surface area contributed by atoms with Gasteiger partial charge < -0.3 is 15.0 Å². The number of carbonyl (C=O) groups excluding carboxylic acids is 1. The molecule has 0 saturated carbocycles. The van der Waals surface area contributed by atoms with Crippen LogP contribution < -0.4 is 5.32 Å². The molecule has 2 aromatic rings. The number of anilines is 1. The van der Waals surface area contributed by atoms with E-state index in [2.05, 4.69) is 26.2 Å². The van der Waals surface area contributed by atoms with Gasteiger partial charge in [0.1, 0.15) is 6.54 Å². The SMILES string of the molecule is Cc1cc(C)c(NC(=O)Cn2c(Br)nc(C)c2C(=O)O)c(C)c1. The highest BCUT2D eigenvalue weighted by atomic mass is 79.9. The highest BCUT2D eigenvalue weighted by Crippen LogP contribution is 2.22. The van der Waals surface area contributed by atoms with Crippen LogP contribution in [0.5, 0.6) is 0 Å². The fourth-order valence-electron chi connectivity index (χ4n) is 2.65. The van der Waals surface area contributed by atoms with Crippen LogP contribution in [-0.2, 0) is 11.3 Å². The van der Waals surface area contributed by atoms with E-state index in [1.807, 2.05) is 32.9 Å². The Bertz CT molecular complexity index is 773. The topological polar surface area (TPSA) is 84.2 Å². The van der Waals surface area contributed by atoms with Crippen molar-refractivity contribution in [3.8, 4) is 0 Å². The molecule has 122 valence electrons. The lowest BCUT2D eigenvalue weighted by Crippen LogP contribution is -2.22. The summed E-state index contributed by atoms with van der Waals surface area (Å²) >= 11 is 3.20. The van der Waals surface area contributed by atoms with Gasteiger partial charge in [-0.1, -0.05) is 17.7 Å². The van der Waals surface area contributed by atoms with Gasteiger partial charge in [0.05, 0.1) is 5.69 Å². The molecule has 1 amide bonds. The molecule has 1 heterocycles. The molecule has 0 saturated heterocycles. The number of benzene rings is 1. The fourth-order valence-corrected chi connectivity index (χ4v) is 3.22. The smallest absolute Gasteiger partial charge is 0.354 e. The third-order valence-corrected chi connectivity index (χ3v) is 4.15. The molecule has 0 aliphatic carbocycles. The maximum Gasteiger partial charge on any atom is 0.354 e. The number of halogens is 1. The molecule has 0 radical (unpaired) electrons. The molecule has 2 rings (SSSR count). The minimum Gasteiger partial charge on any atom is -0.477 e. The predicted molar refractivity (Wildman–Crippen MR) is 90.9 cm³/mol. The van der Waals surface area contributed by atoms with Gasteiger partial charge in [-0.2, -0.15) is 0 Å². The van der Waals surface area contributed by atoms with Crippen LogP contribution >= 0.6 is 15.9 Å². The molecule has 0 spiro atoms. The van der Waals surface area contributed by atoms with E-state index in [0.717, 1.165) is 22.4 Å². The summed E-state index contributed by atoms with van der Waals surface area (Å²) in [5.41, 5.74) is 4.18. The van der Waals surface area contributed by atoms with E-state index in [-0.39, 0.29) is 18.1 Å². The Kier molecular flexibility index (Phi) is 4.89. The van der Waals surface area contributed by atoms with Crippen LogP contribution in [0.1, 0.15) is 32.9 Å². The highest BCUT2D eigenvalue weighted by Gasteiger charge is 2.21. The number of aryl methyl sites for hydroxylation is 4. The number of hydrogen-bond donors (Lipinski definition) is 2. The summed E-state index contributed by atoms with van der Waals surface area (Å²) in [5.74, 6) is -1.42. The number of imidazole rings is 1. The Labute approximate surface area is 142 Å². The summed E-state index contributed by atoms with van der Waals surface area (Å²) in [7, 11) is 0. The quantitative estimate of drug-likeness (QED) is 0.853. The van der Waals surface area contributed by atoms with Gasteiger partial charge in [-0.05, 0) is 54.8 Å². The van der Waals surface area contributed by atoms with Crippen LogP contribution in [0, 0.1) is 27.7 Å². The summed E-state index contributed by atoms with van der Waals surface area (Å²) < 4.78 is 1.66. The van der Waals surface area contributed by atoms with Crippen LogP contribution in [-0.4, -0.2) is 26.5 Å². The second-order valence-electron chi connectivity index (χ2n) is 5.53. The minimum atomic E-state index is -1.11. The molecular weight excluding hydrogens is 362 g/mol. The Balaban J connectivity index is 2.27. The van der Waals surface area contributed by atoms with E-state index in [1.165, 1.54) is 4.57 Å². The maximum absolute atomic E-state index is 12.3. The predicted octanol–water partition coefficient (Wildman–Crippen LogP) is 3.22. The minimum absolute atomic E-state index is 0.00405. The first-order valence-electron chi connectivity index (χ1n) is 7.04. The molecule has 0 aliphatic rings. The third-order valence-electron chi connectivity index (χ3n) is 3.54. The standard InChI is InChI=1S/C16H18BrN3O3/c1-8-5-9(2)13(10(3)6-8)19-12(21)7-20-14(15(22)23)11(4)18-16(20)17/h5-6H,7H2,1-4H3,(H,19,21)(H,22,23). The van der Waals surface area contributed by atoms with Crippen LogP contribution in [0.4, 0.5) is 5.69 Å². The lowest BCUT2D eigenvalue weighted by Gasteiger charge is -2.14. The number of carboxylic acids is 1. The van der Waals surface area contributed by atoms with E-state index in [9.17, 15) is 14.7 Å². The van der Waals surface area contributed by atoms with Gasteiger partial charge in [-0.3, -0.25) is 4.79 Å². The highest BCUT2D eigenvalue weighted by molar-refractivity contribution is 9.10. The zero-order chi connectivity index (χ0) is 17.3. The first-order valence-corrected chi connectivity index (χ1v) is 7.83. The number of nitrogens with zero attached hydrogens (tertiary/aromatic N) is 2. The summed E-state index contributed by atoms with van der Waals surface area (Å²) in [6.45, 7) is 7.31. The number of hydrogen-bond acceptors (Lipinski definition) is 3. The van der Waals surface area contributed by atoms with Crippen molar-refractivity contribution in [2.45, 2.75) is 34.2 Å². The maximum atomic E-state index is 12.3. The van der Waals surface area contributed by atoms with E-state index < -0.39 is 5.97 Å². The molecule has 7 heteroatoms. The number of aromatic carboxylic acids is 1. The average molecular weight is 380 g/mol. The molecular formula is C16H18BrN3O3. The first-order chi connectivity index (χ1) is 10.7. The molecule has 0 aliphatic heterocycles. The summed E-state index contributed by atoms with van der Waals surface area (Å²) in [6, 6.07) is 3.98. The van der Waals surface area contributed by atoms with E-state index >= 15 is 0 Å². The molecule has 0 unspecified atom stereocenters. The van der Waals surface area contributed by atoms with E-state index in [0.29, 0.717) is 10.4 Å². The Morgan fingerprint density at radius 3 is 2.30 bits per heavy atom. The van der Waals surface area contributed by atoms with Crippen molar-refractivity contribution in [1.82, 2.24) is 9.55 Å². The molecule has 2 N–H and O–H groups in total. The number of amides is 1. The summed E-state index contributed by atoms with van der Waals surface area (Å²) in [5, 5.41) is 12.1. The molecule has 1 aromatic carbocycles. The monoisotopic (exact) mass is 379 g/mol. The summed E-state index contributed by atoms with van der Waals surface area (Å²) in [4.78, 5) is 27.7. The molecule has 0 fully saturated rings. The second-order valence-corrected chi connectivity index (χ2v) is 6.24. The zero-order valence-corrected chi connectivity index (χ0v) is 15.0. The van der Waals surface area contributed by atoms with Gasteiger partial charge in [0.15, 0.2) is 10.4 Å². The van der Waals surface area contributed by atoms with Crippen LogP contribution in [0.15, 0.2) is 16.9 Å². The van der Waals surface area contributed by atoms with Crippen molar-refractivity contribution >= 4 is 33.5 Å². The molecule has 6 nitrogen and oxygen atoms in total. The van der Waals surface area contributed by atoms with Crippen molar-refractivity contribution in [2.24, 2.45) is 0 Å². The molecule has 23 heavy (non-hydrogen) atoms. The zero-order valence-electron chi connectivity index (χ0n) is 13.4. The van der Waals surface area contributed by atoms with Crippen molar-refractivity contribution in [2.75, 3.05) is 5.32 Å².